The van der Waals surface area contributed by atoms with Crippen LogP contribution in [0.2, 0.25) is 0 Å². The van der Waals surface area contributed by atoms with Crippen molar-refractivity contribution in [3.05, 3.63) is 81.5 Å². The van der Waals surface area contributed by atoms with Crippen LogP contribution in [0.25, 0.3) is 5.57 Å². The predicted molar refractivity (Wildman–Crippen MR) is 112 cm³/mol. The van der Waals surface area contributed by atoms with Crippen LogP contribution in [-0.2, 0) is 11.3 Å². The Morgan fingerprint density at radius 1 is 1.31 bits per heavy atom. The molecule has 1 heterocycles. The molecule has 4 nitrogen and oxygen atoms in total. The van der Waals surface area contributed by atoms with Gasteiger partial charge in [-0.25, -0.2) is 4.39 Å². The van der Waals surface area contributed by atoms with Crippen LogP contribution in [0.3, 0.4) is 0 Å². The Morgan fingerprint density at radius 3 is 2.86 bits per heavy atom. The van der Waals surface area contributed by atoms with E-state index >= 15 is 0 Å². The van der Waals surface area contributed by atoms with Crippen LogP contribution in [0, 0.1) is 0 Å². The maximum atomic E-state index is 14.3. The molecule has 1 saturated carbocycles. The van der Waals surface area contributed by atoms with E-state index in [2.05, 4.69) is 0 Å². The summed E-state index contributed by atoms with van der Waals surface area (Å²) in [6.07, 6.45) is 7.35. The summed E-state index contributed by atoms with van der Waals surface area (Å²) in [5.41, 5.74) is 1.72. The molecule has 1 aromatic heterocycles. The van der Waals surface area contributed by atoms with Gasteiger partial charge in [-0.15, -0.1) is 11.3 Å². The number of hydrogen-bond acceptors (Lipinski definition) is 4. The van der Waals surface area contributed by atoms with Gasteiger partial charge in [0.1, 0.15) is 11.6 Å². The second-order valence-corrected chi connectivity index (χ2v) is 8.28. The van der Waals surface area contributed by atoms with E-state index in [1.54, 1.807) is 30.4 Å². The summed E-state index contributed by atoms with van der Waals surface area (Å²) in [7, 11) is 1.45. The van der Waals surface area contributed by atoms with Crippen molar-refractivity contribution >= 4 is 22.8 Å². The molecule has 2 aliphatic rings. The van der Waals surface area contributed by atoms with Crippen LogP contribution in [0.1, 0.15) is 39.4 Å². The zero-order valence-electron chi connectivity index (χ0n) is 16.1. The fourth-order valence-corrected chi connectivity index (χ4v) is 4.36. The predicted octanol–water partition coefficient (Wildman–Crippen LogP) is 5.43. The quantitative estimate of drug-likeness (QED) is 0.690. The molecule has 1 N–H and O–H groups in total. The highest BCUT2D eigenvalue weighted by atomic mass is 32.1. The number of benzene rings is 1. The summed E-state index contributed by atoms with van der Waals surface area (Å²) in [5.74, 6) is 0.0841. The van der Waals surface area contributed by atoms with Gasteiger partial charge in [0.15, 0.2) is 5.76 Å². The molecular weight excluding hydrogens is 389 g/mol. The van der Waals surface area contributed by atoms with Crippen molar-refractivity contribution in [1.29, 1.82) is 0 Å². The molecule has 2 aliphatic carbocycles. The maximum absolute atomic E-state index is 14.3. The molecule has 0 unspecified atom stereocenters. The number of phenolic OH excluding ortho intramolecular Hbond substituents is 1. The topological polar surface area (TPSA) is 49.8 Å². The van der Waals surface area contributed by atoms with Gasteiger partial charge in [-0.1, -0.05) is 24.3 Å². The Morgan fingerprint density at radius 2 is 2.14 bits per heavy atom. The third-order valence-corrected chi connectivity index (χ3v) is 6.17. The van der Waals surface area contributed by atoms with Gasteiger partial charge in [-0.3, -0.25) is 4.79 Å². The average Bonchev–Trinajstić information content (AvgIpc) is 3.46. The van der Waals surface area contributed by atoms with Crippen molar-refractivity contribution in [3.63, 3.8) is 0 Å². The van der Waals surface area contributed by atoms with Crippen LogP contribution < -0.4 is 0 Å². The minimum absolute atomic E-state index is 0.0227. The molecule has 0 spiro atoms. The van der Waals surface area contributed by atoms with Crippen molar-refractivity contribution in [1.82, 2.24) is 4.90 Å². The maximum Gasteiger partial charge on any atom is 0.264 e. The molecule has 0 radical (unpaired) electrons. The SMILES string of the molecule is COC1=C(F)CC(c2ccc(C(=O)N(Cc3cccc(O)c3)C3CC3)s2)=CC=C1. The van der Waals surface area contributed by atoms with Crippen molar-refractivity contribution in [2.75, 3.05) is 7.11 Å². The number of allylic oxidation sites excluding steroid dienone is 5. The van der Waals surface area contributed by atoms with E-state index in [1.807, 2.05) is 29.2 Å². The third kappa shape index (κ3) is 4.43. The van der Waals surface area contributed by atoms with Gasteiger partial charge in [0.05, 0.1) is 12.0 Å². The van der Waals surface area contributed by atoms with Gasteiger partial charge in [0, 0.05) is 23.9 Å². The molecule has 1 amide bonds. The number of carbonyl (C=O) groups is 1. The molecule has 0 saturated heterocycles. The van der Waals surface area contributed by atoms with Crippen LogP contribution in [0.4, 0.5) is 4.39 Å². The Balaban J connectivity index is 1.53. The zero-order valence-corrected chi connectivity index (χ0v) is 16.9. The van der Waals surface area contributed by atoms with Gasteiger partial charge in [-0.05, 0) is 54.3 Å². The van der Waals surface area contributed by atoms with Gasteiger partial charge in [-0.2, -0.15) is 0 Å². The number of aromatic hydroxyl groups is 1. The number of amides is 1. The first-order valence-electron chi connectivity index (χ1n) is 9.54. The number of nitrogens with zero attached hydrogens (tertiary/aromatic N) is 1. The molecule has 4 rings (SSSR count). The number of phenols is 1. The minimum Gasteiger partial charge on any atom is -0.508 e. The fraction of sp³-hybridized carbons (Fsp3) is 0.261. The molecule has 0 bridgehead atoms. The summed E-state index contributed by atoms with van der Waals surface area (Å²) in [5, 5.41) is 9.71. The van der Waals surface area contributed by atoms with Crippen LogP contribution in [0.5, 0.6) is 5.75 Å². The number of methoxy groups -OCH3 is 1. The molecule has 1 aromatic carbocycles. The van der Waals surface area contributed by atoms with E-state index in [9.17, 15) is 14.3 Å². The highest BCUT2D eigenvalue weighted by molar-refractivity contribution is 7.15. The minimum atomic E-state index is -0.322. The highest BCUT2D eigenvalue weighted by Gasteiger charge is 2.33. The molecule has 1 fully saturated rings. The number of thiophene rings is 1. The van der Waals surface area contributed by atoms with E-state index in [-0.39, 0.29) is 35.7 Å². The molecule has 150 valence electrons. The van der Waals surface area contributed by atoms with Crippen molar-refractivity contribution in [3.8, 4) is 5.75 Å². The van der Waals surface area contributed by atoms with Gasteiger partial charge in [0.2, 0.25) is 0 Å². The summed E-state index contributed by atoms with van der Waals surface area (Å²) >= 11 is 1.38. The fourth-order valence-electron chi connectivity index (χ4n) is 3.37. The first kappa shape index (κ1) is 19.5. The summed E-state index contributed by atoms with van der Waals surface area (Å²) < 4.78 is 19.3. The van der Waals surface area contributed by atoms with Crippen molar-refractivity contribution in [2.45, 2.75) is 31.8 Å². The normalized spacial score (nSPS) is 16.4. The van der Waals surface area contributed by atoms with Gasteiger partial charge < -0.3 is 14.7 Å². The lowest BCUT2D eigenvalue weighted by molar-refractivity contribution is 0.0734. The summed E-state index contributed by atoms with van der Waals surface area (Å²) in [6, 6.07) is 10.9. The summed E-state index contributed by atoms with van der Waals surface area (Å²) in [6.45, 7) is 0.463. The lowest BCUT2D eigenvalue weighted by Crippen LogP contribution is -2.32. The largest absolute Gasteiger partial charge is 0.508 e. The van der Waals surface area contributed by atoms with Crippen molar-refractivity contribution < 1.29 is 19.0 Å². The molecule has 6 heteroatoms. The van der Waals surface area contributed by atoms with Crippen LogP contribution >= 0.6 is 11.3 Å². The highest BCUT2D eigenvalue weighted by Crippen LogP contribution is 2.35. The standard InChI is InChI=1S/C23H22FNO3S/c1-28-20-7-3-5-16(13-19(20)24)21-10-11-22(29-21)23(27)25(17-8-9-17)14-15-4-2-6-18(26)12-15/h2-7,10-12,17,26H,8-9,13-14H2,1H3. The first-order valence-corrected chi connectivity index (χ1v) is 10.4. The Labute approximate surface area is 173 Å². The Hall–Kier alpha value is -2.86. The van der Waals surface area contributed by atoms with E-state index in [1.165, 1.54) is 18.4 Å². The number of hydrogen-bond donors (Lipinski definition) is 1. The molecule has 0 aliphatic heterocycles. The molecule has 0 atom stereocenters. The van der Waals surface area contributed by atoms with Gasteiger partial charge >= 0.3 is 0 Å². The third-order valence-electron chi connectivity index (χ3n) is 5.02. The molecule has 29 heavy (non-hydrogen) atoms. The second-order valence-electron chi connectivity index (χ2n) is 7.20. The number of halogens is 1. The van der Waals surface area contributed by atoms with E-state index in [0.29, 0.717) is 11.4 Å². The lowest BCUT2D eigenvalue weighted by Gasteiger charge is -2.22. The number of rotatable bonds is 6. The van der Waals surface area contributed by atoms with Gasteiger partial charge in [0.25, 0.3) is 5.91 Å². The molecular formula is C23H22FNO3S. The van der Waals surface area contributed by atoms with Crippen LogP contribution in [0.15, 0.2) is 66.2 Å². The van der Waals surface area contributed by atoms with E-state index < -0.39 is 0 Å². The monoisotopic (exact) mass is 411 g/mol. The lowest BCUT2D eigenvalue weighted by atomic mass is 10.1. The number of ether oxygens (including phenoxy) is 1. The van der Waals surface area contributed by atoms with E-state index in [0.717, 1.165) is 28.9 Å². The molecule has 2 aromatic rings. The second kappa shape index (κ2) is 8.25. The Kier molecular flexibility index (Phi) is 5.53. The Bertz CT molecular complexity index is 1020. The first-order chi connectivity index (χ1) is 14.0. The average molecular weight is 411 g/mol. The smallest absolute Gasteiger partial charge is 0.264 e. The van der Waals surface area contributed by atoms with Crippen LogP contribution in [-0.4, -0.2) is 29.1 Å². The van der Waals surface area contributed by atoms with Crippen molar-refractivity contribution in [2.24, 2.45) is 0 Å². The summed E-state index contributed by atoms with van der Waals surface area (Å²) in [4.78, 5) is 16.6. The van der Waals surface area contributed by atoms with E-state index in [4.69, 9.17) is 4.74 Å². The number of carbonyl (C=O) groups excluding carboxylic acids is 1. The zero-order chi connectivity index (χ0) is 20.4.